The minimum Gasteiger partial charge on any atom is -0.481 e. The van der Waals surface area contributed by atoms with Crippen LogP contribution in [0.3, 0.4) is 0 Å². The van der Waals surface area contributed by atoms with Gasteiger partial charge in [-0.25, -0.2) is 0 Å². The molecule has 0 spiro atoms. The molecule has 1 aliphatic rings. The minimum atomic E-state index is -0.994. The second kappa shape index (κ2) is 13.0. The van der Waals surface area contributed by atoms with Gasteiger partial charge in [0.15, 0.2) is 11.6 Å². The number of aliphatic carboxylic acids is 1. The Hall–Kier alpha value is -3.37. The van der Waals surface area contributed by atoms with Crippen LogP contribution >= 0.6 is 0 Å². The fourth-order valence-electron chi connectivity index (χ4n) is 2.49. The summed E-state index contributed by atoms with van der Waals surface area (Å²) in [6, 6.07) is 0. The van der Waals surface area contributed by atoms with Crippen LogP contribution in [-0.4, -0.2) is 70.8 Å². The Morgan fingerprint density at radius 3 is 1.83 bits per heavy atom. The van der Waals surface area contributed by atoms with Gasteiger partial charge in [-0.1, -0.05) is 0 Å². The number of carbonyl (C=O) groups is 7. The number of carboxylic acid groups (broad SMARTS) is 1. The average molecular weight is 423 g/mol. The third kappa shape index (κ3) is 10.2. The molecule has 0 saturated carbocycles. The fourth-order valence-corrected chi connectivity index (χ4v) is 2.49. The molecule has 1 rings (SSSR count). The summed E-state index contributed by atoms with van der Waals surface area (Å²) in [4.78, 5) is 80.7. The van der Waals surface area contributed by atoms with Crippen molar-refractivity contribution in [1.82, 2.24) is 15.5 Å². The number of nitrogens with zero attached hydrogens (tertiary/aromatic N) is 1. The molecule has 0 aromatic rings. The highest BCUT2D eigenvalue weighted by Crippen LogP contribution is 2.05. The fraction of sp³-hybridized carbons (Fsp3) is 0.526. The van der Waals surface area contributed by atoms with Gasteiger partial charge in [-0.3, -0.25) is 38.5 Å². The highest BCUT2D eigenvalue weighted by Gasteiger charge is 2.22. The van der Waals surface area contributed by atoms with E-state index in [-0.39, 0.29) is 76.1 Å². The van der Waals surface area contributed by atoms with E-state index in [2.05, 4.69) is 10.6 Å². The van der Waals surface area contributed by atoms with Gasteiger partial charge in [-0.05, 0) is 12.8 Å². The lowest BCUT2D eigenvalue weighted by molar-refractivity contribution is -0.138. The number of carbonyl (C=O) groups excluding carboxylic acids is 6. The van der Waals surface area contributed by atoms with Crippen molar-refractivity contribution >= 4 is 41.2 Å². The van der Waals surface area contributed by atoms with E-state index in [9.17, 15) is 33.6 Å². The number of Topliss-reactive ketones (excluding diaryl/α,β-unsaturated/α-hetero) is 2. The minimum absolute atomic E-state index is 0.0365. The van der Waals surface area contributed by atoms with Crippen LogP contribution < -0.4 is 10.6 Å². The number of carboxylic acids is 1. The Labute approximate surface area is 172 Å². The average Bonchev–Trinajstić information content (AvgIpc) is 3.00. The molecule has 4 amide bonds. The van der Waals surface area contributed by atoms with Crippen molar-refractivity contribution in [3.8, 4) is 0 Å². The van der Waals surface area contributed by atoms with Crippen molar-refractivity contribution in [3.05, 3.63) is 12.2 Å². The Morgan fingerprint density at radius 2 is 1.27 bits per heavy atom. The smallest absolute Gasteiger partial charge is 0.303 e. The molecule has 164 valence electrons. The van der Waals surface area contributed by atoms with E-state index in [1.807, 2.05) is 0 Å². The number of hydrogen-bond donors (Lipinski definition) is 3. The van der Waals surface area contributed by atoms with Crippen LogP contribution in [0.15, 0.2) is 12.2 Å². The first kappa shape index (κ1) is 24.7. The van der Waals surface area contributed by atoms with Gasteiger partial charge in [0.1, 0.15) is 0 Å². The number of ketones is 2. The van der Waals surface area contributed by atoms with Crippen LogP contribution in [0, 0.1) is 0 Å². The van der Waals surface area contributed by atoms with E-state index in [0.29, 0.717) is 0 Å². The number of hydrogen-bond acceptors (Lipinski definition) is 7. The molecule has 0 radical (unpaired) electrons. The van der Waals surface area contributed by atoms with Crippen molar-refractivity contribution in [1.29, 1.82) is 0 Å². The zero-order valence-electron chi connectivity index (χ0n) is 16.5. The lowest BCUT2D eigenvalue weighted by Crippen LogP contribution is -2.33. The van der Waals surface area contributed by atoms with Crippen LogP contribution in [-0.2, 0) is 33.6 Å². The predicted octanol–water partition coefficient (Wildman–Crippen LogP) is -0.903. The summed E-state index contributed by atoms with van der Waals surface area (Å²) < 4.78 is 0. The summed E-state index contributed by atoms with van der Waals surface area (Å²) in [6.07, 6.45) is 2.50. The molecule has 11 heteroatoms. The van der Waals surface area contributed by atoms with Gasteiger partial charge in [-0.2, -0.15) is 0 Å². The normalized spacial score (nSPS) is 12.7. The molecular formula is C19H25N3O8. The summed E-state index contributed by atoms with van der Waals surface area (Å²) in [7, 11) is 0. The van der Waals surface area contributed by atoms with Crippen molar-refractivity contribution in [2.75, 3.05) is 19.6 Å². The molecule has 0 atom stereocenters. The maximum atomic E-state index is 11.7. The van der Waals surface area contributed by atoms with Crippen LogP contribution in [0.2, 0.25) is 0 Å². The van der Waals surface area contributed by atoms with E-state index in [0.717, 1.165) is 17.1 Å². The molecule has 1 heterocycles. The lowest BCUT2D eigenvalue weighted by atomic mass is 10.1. The van der Waals surface area contributed by atoms with E-state index in [1.54, 1.807) is 0 Å². The van der Waals surface area contributed by atoms with Gasteiger partial charge in [-0.15, -0.1) is 0 Å². The molecule has 0 aromatic heterocycles. The topological polar surface area (TPSA) is 167 Å². The first-order chi connectivity index (χ1) is 14.2. The van der Waals surface area contributed by atoms with E-state index in [4.69, 9.17) is 5.11 Å². The third-order valence-corrected chi connectivity index (χ3v) is 4.13. The molecule has 0 bridgehead atoms. The van der Waals surface area contributed by atoms with Crippen molar-refractivity contribution in [2.45, 2.75) is 44.9 Å². The second-order valence-electron chi connectivity index (χ2n) is 6.64. The monoisotopic (exact) mass is 423 g/mol. The van der Waals surface area contributed by atoms with E-state index >= 15 is 0 Å². The van der Waals surface area contributed by atoms with Gasteiger partial charge >= 0.3 is 5.97 Å². The van der Waals surface area contributed by atoms with Gasteiger partial charge in [0.25, 0.3) is 11.8 Å². The number of rotatable bonds is 15. The SMILES string of the molecule is O=C(O)CCCC(=O)CNC(=O)CCC(=O)CNC(=O)CCCN1C(=O)C=CC1=O. The number of amides is 4. The van der Waals surface area contributed by atoms with Crippen LogP contribution in [0.4, 0.5) is 0 Å². The predicted molar refractivity (Wildman–Crippen MR) is 102 cm³/mol. The zero-order chi connectivity index (χ0) is 22.5. The highest BCUT2D eigenvalue weighted by molar-refractivity contribution is 6.12. The van der Waals surface area contributed by atoms with Crippen LogP contribution in [0.1, 0.15) is 44.9 Å². The number of nitrogens with one attached hydrogen (secondary N) is 2. The second-order valence-corrected chi connectivity index (χ2v) is 6.64. The molecule has 30 heavy (non-hydrogen) atoms. The molecule has 1 aliphatic heterocycles. The van der Waals surface area contributed by atoms with Gasteiger partial charge in [0.2, 0.25) is 11.8 Å². The molecule has 0 unspecified atom stereocenters. The van der Waals surface area contributed by atoms with Gasteiger partial charge < -0.3 is 15.7 Å². The highest BCUT2D eigenvalue weighted by atomic mass is 16.4. The largest absolute Gasteiger partial charge is 0.481 e. The first-order valence-corrected chi connectivity index (χ1v) is 9.51. The van der Waals surface area contributed by atoms with Gasteiger partial charge in [0, 0.05) is 50.8 Å². The Balaban J connectivity index is 2.08. The third-order valence-electron chi connectivity index (χ3n) is 4.13. The summed E-state index contributed by atoms with van der Waals surface area (Å²) in [5, 5.41) is 13.3. The summed E-state index contributed by atoms with van der Waals surface area (Å²) in [6.45, 7) is -0.356. The Morgan fingerprint density at radius 1 is 0.733 bits per heavy atom. The van der Waals surface area contributed by atoms with Crippen LogP contribution in [0.25, 0.3) is 0 Å². The molecule has 11 nitrogen and oxygen atoms in total. The van der Waals surface area contributed by atoms with E-state index in [1.165, 1.54) is 0 Å². The van der Waals surface area contributed by atoms with Crippen LogP contribution in [0.5, 0.6) is 0 Å². The maximum absolute atomic E-state index is 11.7. The molecule has 0 aliphatic carbocycles. The van der Waals surface area contributed by atoms with Gasteiger partial charge in [0.05, 0.1) is 13.1 Å². The number of imide groups is 1. The zero-order valence-corrected chi connectivity index (χ0v) is 16.5. The summed E-state index contributed by atoms with van der Waals surface area (Å²) >= 11 is 0. The Bertz CT molecular complexity index is 726. The molecular weight excluding hydrogens is 398 g/mol. The standard InChI is InChI=1S/C19H25N3O8/c23-13(3-1-5-19(29)30)11-21-16(26)7-6-14(24)12-20-15(25)4-2-10-22-17(27)8-9-18(22)28/h8-9H,1-7,10-12H2,(H,20,25)(H,21,26)(H,29,30). The summed E-state index contributed by atoms with van der Waals surface area (Å²) in [5.41, 5.74) is 0. The summed E-state index contributed by atoms with van der Waals surface area (Å²) in [5.74, 6) is -3.39. The van der Waals surface area contributed by atoms with Crippen molar-refractivity contribution in [2.24, 2.45) is 0 Å². The first-order valence-electron chi connectivity index (χ1n) is 9.51. The molecule has 0 aromatic carbocycles. The lowest BCUT2D eigenvalue weighted by Gasteiger charge is -2.13. The van der Waals surface area contributed by atoms with Crippen molar-refractivity contribution in [3.63, 3.8) is 0 Å². The molecule has 0 saturated heterocycles. The molecule has 0 fully saturated rings. The van der Waals surface area contributed by atoms with E-state index < -0.39 is 29.6 Å². The van der Waals surface area contributed by atoms with Crippen molar-refractivity contribution < 1.29 is 38.7 Å². The Kier molecular flexibility index (Phi) is 10.7. The maximum Gasteiger partial charge on any atom is 0.303 e. The quantitative estimate of drug-likeness (QED) is 0.285. The molecule has 3 N–H and O–H groups in total.